The van der Waals surface area contributed by atoms with E-state index in [0.717, 1.165) is 31.4 Å². The fraction of sp³-hybridized carbons (Fsp3) is 0.615. The van der Waals surface area contributed by atoms with Gasteiger partial charge in [0.25, 0.3) is 0 Å². The van der Waals surface area contributed by atoms with E-state index in [2.05, 4.69) is 10.3 Å². The Morgan fingerprint density at radius 3 is 2.65 bits per heavy atom. The average molecular weight is 235 g/mol. The van der Waals surface area contributed by atoms with Gasteiger partial charge in [0.2, 0.25) is 5.91 Å². The average Bonchev–Trinajstić information content (AvgIpc) is 2.91. The smallest absolute Gasteiger partial charge is 0.229 e. The topological polar surface area (TPSA) is 48.1 Å². The maximum atomic E-state index is 12.3. The standard InChI is InChI=1S/C13H21N3O/c1-14-11-5-3-10(4-6-11)13(17)16(2)12-7-8-15-9-12/h7-11,14-15H,3-6H2,1-2H3. The number of H-pyrrole nitrogens is 1. The van der Waals surface area contributed by atoms with Crippen LogP contribution in [-0.2, 0) is 4.79 Å². The van der Waals surface area contributed by atoms with Crippen LogP contribution in [0.4, 0.5) is 5.69 Å². The molecule has 1 heterocycles. The maximum Gasteiger partial charge on any atom is 0.229 e. The van der Waals surface area contributed by atoms with Crippen LogP contribution >= 0.6 is 0 Å². The number of aromatic amines is 1. The Kier molecular flexibility index (Phi) is 3.84. The van der Waals surface area contributed by atoms with E-state index < -0.39 is 0 Å². The number of nitrogens with zero attached hydrogens (tertiary/aromatic N) is 1. The Morgan fingerprint density at radius 1 is 1.41 bits per heavy atom. The number of anilines is 1. The third-order valence-corrected chi connectivity index (χ3v) is 3.78. The van der Waals surface area contributed by atoms with Gasteiger partial charge in [0.1, 0.15) is 0 Å². The Hall–Kier alpha value is -1.29. The molecule has 2 N–H and O–H groups in total. The van der Waals surface area contributed by atoms with Crippen LogP contribution < -0.4 is 10.2 Å². The molecule has 17 heavy (non-hydrogen) atoms. The number of nitrogens with one attached hydrogen (secondary N) is 2. The van der Waals surface area contributed by atoms with E-state index in [1.54, 1.807) is 4.90 Å². The largest absolute Gasteiger partial charge is 0.366 e. The number of aromatic nitrogens is 1. The van der Waals surface area contributed by atoms with Crippen LogP contribution in [0.2, 0.25) is 0 Å². The van der Waals surface area contributed by atoms with Gasteiger partial charge in [-0.15, -0.1) is 0 Å². The minimum Gasteiger partial charge on any atom is -0.366 e. The molecule has 0 bridgehead atoms. The molecule has 1 aliphatic carbocycles. The van der Waals surface area contributed by atoms with Gasteiger partial charge in [0.15, 0.2) is 0 Å². The number of hydrogen-bond acceptors (Lipinski definition) is 2. The first-order chi connectivity index (χ1) is 8.22. The second kappa shape index (κ2) is 5.36. The zero-order chi connectivity index (χ0) is 12.3. The van der Waals surface area contributed by atoms with Crippen LogP contribution in [0.25, 0.3) is 0 Å². The summed E-state index contributed by atoms with van der Waals surface area (Å²) >= 11 is 0. The number of carbonyl (C=O) groups is 1. The molecule has 0 spiro atoms. The summed E-state index contributed by atoms with van der Waals surface area (Å²) in [6.45, 7) is 0. The Bertz CT molecular complexity index is 353. The molecule has 1 amide bonds. The van der Waals surface area contributed by atoms with Crippen LogP contribution in [0.1, 0.15) is 25.7 Å². The van der Waals surface area contributed by atoms with E-state index in [1.165, 1.54) is 0 Å². The van der Waals surface area contributed by atoms with Crippen molar-refractivity contribution in [1.82, 2.24) is 10.3 Å². The van der Waals surface area contributed by atoms with E-state index in [1.807, 2.05) is 32.6 Å². The zero-order valence-electron chi connectivity index (χ0n) is 10.6. The molecule has 0 unspecified atom stereocenters. The first-order valence-electron chi connectivity index (χ1n) is 6.30. The van der Waals surface area contributed by atoms with Crippen molar-refractivity contribution in [2.45, 2.75) is 31.7 Å². The number of amides is 1. The van der Waals surface area contributed by atoms with Gasteiger partial charge in [-0.2, -0.15) is 0 Å². The molecular formula is C13H21N3O. The Labute approximate surface area is 102 Å². The number of hydrogen-bond donors (Lipinski definition) is 2. The predicted octanol–water partition coefficient (Wildman–Crippen LogP) is 1.76. The van der Waals surface area contributed by atoms with Crippen molar-refractivity contribution in [3.8, 4) is 0 Å². The van der Waals surface area contributed by atoms with Gasteiger partial charge in [-0.3, -0.25) is 4.79 Å². The zero-order valence-corrected chi connectivity index (χ0v) is 10.6. The van der Waals surface area contributed by atoms with Crippen molar-refractivity contribution in [3.05, 3.63) is 18.5 Å². The fourth-order valence-electron chi connectivity index (χ4n) is 2.55. The lowest BCUT2D eigenvalue weighted by Gasteiger charge is -2.30. The van der Waals surface area contributed by atoms with E-state index in [-0.39, 0.29) is 11.8 Å². The lowest BCUT2D eigenvalue weighted by Crippen LogP contribution is -2.38. The predicted molar refractivity (Wildman–Crippen MR) is 69.0 cm³/mol. The molecule has 1 saturated carbocycles. The molecule has 0 aromatic carbocycles. The Balaban J connectivity index is 1.93. The highest BCUT2D eigenvalue weighted by Crippen LogP contribution is 2.27. The second-order valence-corrected chi connectivity index (χ2v) is 4.80. The van der Waals surface area contributed by atoms with Crippen LogP contribution in [-0.4, -0.2) is 31.0 Å². The van der Waals surface area contributed by atoms with Crippen molar-refractivity contribution in [2.75, 3.05) is 19.0 Å². The van der Waals surface area contributed by atoms with Crippen molar-refractivity contribution >= 4 is 11.6 Å². The quantitative estimate of drug-likeness (QED) is 0.838. The highest BCUT2D eigenvalue weighted by molar-refractivity contribution is 5.94. The molecule has 1 aliphatic rings. The lowest BCUT2D eigenvalue weighted by atomic mass is 9.85. The van der Waals surface area contributed by atoms with Gasteiger partial charge >= 0.3 is 0 Å². The first kappa shape index (κ1) is 12.2. The maximum absolute atomic E-state index is 12.3. The summed E-state index contributed by atoms with van der Waals surface area (Å²) in [5.41, 5.74) is 0.950. The van der Waals surface area contributed by atoms with E-state index in [0.29, 0.717) is 6.04 Å². The summed E-state index contributed by atoms with van der Waals surface area (Å²) in [6.07, 6.45) is 7.91. The summed E-state index contributed by atoms with van der Waals surface area (Å²) in [5, 5.41) is 3.29. The highest BCUT2D eigenvalue weighted by Gasteiger charge is 2.28. The summed E-state index contributed by atoms with van der Waals surface area (Å²) in [7, 11) is 3.86. The first-order valence-corrected chi connectivity index (χ1v) is 6.30. The second-order valence-electron chi connectivity index (χ2n) is 4.80. The summed E-state index contributed by atoms with van der Waals surface area (Å²) in [6, 6.07) is 2.52. The molecule has 0 radical (unpaired) electrons. The van der Waals surface area contributed by atoms with Crippen LogP contribution in [0.3, 0.4) is 0 Å². The van der Waals surface area contributed by atoms with Crippen LogP contribution in [0, 0.1) is 5.92 Å². The minimum atomic E-state index is 0.194. The Morgan fingerprint density at radius 2 is 2.12 bits per heavy atom. The highest BCUT2D eigenvalue weighted by atomic mass is 16.2. The van der Waals surface area contributed by atoms with Gasteiger partial charge in [0, 0.05) is 31.4 Å². The molecular weight excluding hydrogens is 214 g/mol. The molecule has 1 aromatic heterocycles. The summed E-state index contributed by atoms with van der Waals surface area (Å²) < 4.78 is 0. The number of carbonyl (C=O) groups excluding carboxylic acids is 1. The lowest BCUT2D eigenvalue weighted by molar-refractivity contribution is -0.123. The van der Waals surface area contributed by atoms with E-state index in [9.17, 15) is 4.79 Å². The van der Waals surface area contributed by atoms with Crippen LogP contribution in [0.15, 0.2) is 18.5 Å². The van der Waals surface area contributed by atoms with E-state index >= 15 is 0 Å². The van der Waals surface area contributed by atoms with Gasteiger partial charge < -0.3 is 15.2 Å². The van der Waals surface area contributed by atoms with Gasteiger partial charge in [-0.25, -0.2) is 0 Å². The fourth-order valence-corrected chi connectivity index (χ4v) is 2.55. The van der Waals surface area contributed by atoms with Crippen molar-refractivity contribution in [3.63, 3.8) is 0 Å². The molecule has 4 heteroatoms. The molecule has 2 rings (SSSR count). The molecule has 4 nitrogen and oxygen atoms in total. The molecule has 1 fully saturated rings. The normalized spacial score (nSPS) is 24.6. The minimum absolute atomic E-state index is 0.194. The SMILES string of the molecule is CNC1CCC(C(=O)N(C)c2cc[nH]c2)CC1. The summed E-state index contributed by atoms with van der Waals surface area (Å²) in [4.78, 5) is 17.0. The van der Waals surface area contributed by atoms with Crippen molar-refractivity contribution in [1.29, 1.82) is 0 Å². The van der Waals surface area contributed by atoms with Crippen LogP contribution in [0.5, 0.6) is 0 Å². The van der Waals surface area contributed by atoms with Crippen molar-refractivity contribution < 1.29 is 4.79 Å². The van der Waals surface area contributed by atoms with E-state index in [4.69, 9.17) is 0 Å². The third kappa shape index (κ3) is 2.69. The third-order valence-electron chi connectivity index (χ3n) is 3.78. The van der Waals surface area contributed by atoms with Gasteiger partial charge in [-0.1, -0.05) is 0 Å². The molecule has 0 aliphatic heterocycles. The van der Waals surface area contributed by atoms with Crippen molar-refractivity contribution in [2.24, 2.45) is 5.92 Å². The van der Waals surface area contributed by atoms with Gasteiger partial charge in [-0.05, 0) is 38.8 Å². The summed E-state index contributed by atoms with van der Waals surface area (Å²) in [5.74, 6) is 0.443. The monoisotopic (exact) mass is 235 g/mol. The number of rotatable bonds is 3. The molecule has 0 atom stereocenters. The van der Waals surface area contributed by atoms with Gasteiger partial charge in [0.05, 0.1) is 5.69 Å². The molecule has 1 aromatic rings. The molecule has 94 valence electrons. The molecule has 0 saturated heterocycles.